The first-order chi connectivity index (χ1) is 9.61. The lowest BCUT2D eigenvalue weighted by atomic mass is 10.2. The molecule has 20 heavy (non-hydrogen) atoms. The van der Waals surface area contributed by atoms with Gasteiger partial charge in [0.2, 0.25) is 5.75 Å². The van der Waals surface area contributed by atoms with Crippen molar-refractivity contribution < 1.29 is 14.8 Å². The van der Waals surface area contributed by atoms with Crippen LogP contribution in [0.3, 0.4) is 0 Å². The topological polar surface area (TPSA) is 85.5 Å². The molecule has 0 aliphatic heterocycles. The lowest BCUT2D eigenvalue weighted by Crippen LogP contribution is -1.99. The van der Waals surface area contributed by atoms with Crippen molar-refractivity contribution in [1.82, 2.24) is 4.98 Å². The van der Waals surface area contributed by atoms with Crippen LogP contribution in [0.1, 0.15) is 25.1 Å². The third-order valence-corrected chi connectivity index (χ3v) is 2.78. The lowest BCUT2D eigenvalue weighted by molar-refractivity contribution is -0.385. The van der Waals surface area contributed by atoms with E-state index in [-0.39, 0.29) is 11.4 Å². The summed E-state index contributed by atoms with van der Waals surface area (Å²) >= 11 is 0. The number of rotatable bonds is 5. The second-order valence-electron chi connectivity index (χ2n) is 4.17. The van der Waals surface area contributed by atoms with Crippen LogP contribution in [0, 0.1) is 10.1 Å². The number of nitro benzene ring substituents is 1. The van der Waals surface area contributed by atoms with Crippen LogP contribution in [-0.4, -0.2) is 15.0 Å². The Morgan fingerprint density at radius 1 is 1.35 bits per heavy atom. The Morgan fingerprint density at radius 2 is 2.10 bits per heavy atom. The van der Waals surface area contributed by atoms with E-state index in [1.165, 1.54) is 18.3 Å². The third kappa shape index (κ3) is 3.10. The molecule has 0 fully saturated rings. The van der Waals surface area contributed by atoms with Gasteiger partial charge in [0, 0.05) is 6.07 Å². The zero-order valence-electron chi connectivity index (χ0n) is 10.9. The van der Waals surface area contributed by atoms with Gasteiger partial charge in [0.25, 0.3) is 0 Å². The van der Waals surface area contributed by atoms with Crippen LogP contribution in [0.4, 0.5) is 5.69 Å². The summed E-state index contributed by atoms with van der Waals surface area (Å²) in [5.41, 5.74) is 0.438. The number of aliphatic hydroxyl groups excluding tert-OH is 1. The Morgan fingerprint density at radius 3 is 2.70 bits per heavy atom. The van der Waals surface area contributed by atoms with Gasteiger partial charge in [-0.05, 0) is 24.6 Å². The van der Waals surface area contributed by atoms with Crippen molar-refractivity contribution in [2.75, 3.05) is 0 Å². The Hall–Kier alpha value is -2.47. The fourth-order valence-electron chi connectivity index (χ4n) is 1.68. The van der Waals surface area contributed by atoms with Gasteiger partial charge in [0.15, 0.2) is 0 Å². The lowest BCUT2D eigenvalue weighted by Gasteiger charge is -2.09. The minimum Gasteiger partial charge on any atom is -0.449 e. The number of hydrogen-bond donors (Lipinski definition) is 1. The van der Waals surface area contributed by atoms with Crippen LogP contribution < -0.4 is 4.74 Å². The molecule has 1 aromatic heterocycles. The molecule has 6 heteroatoms. The molecule has 2 rings (SSSR count). The van der Waals surface area contributed by atoms with Crippen LogP contribution >= 0.6 is 0 Å². The number of benzene rings is 1. The zero-order valence-corrected chi connectivity index (χ0v) is 10.9. The fraction of sp³-hybridized carbons (Fsp3) is 0.214. The molecule has 0 spiro atoms. The maximum atomic E-state index is 10.9. The van der Waals surface area contributed by atoms with Gasteiger partial charge in [-0.15, -0.1) is 0 Å². The van der Waals surface area contributed by atoms with Gasteiger partial charge in [0.1, 0.15) is 5.75 Å². The second-order valence-corrected chi connectivity index (χ2v) is 4.17. The summed E-state index contributed by atoms with van der Waals surface area (Å²) in [6, 6.07) is 9.38. The molecule has 6 nitrogen and oxygen atoms in total. The number of para-hydroxylation sites is 2. The van der Waals surface area contributed by atoms with E-state index in [4.69, 9.17) is 4.74 Å². The number of nitro groups is 1. The van der Waals surface area contributed by atoms with Gasteiger partial charge in [-0.3, -0.25) is 15.1 Å². The third-order valence-electron chi connectivity index (χ3n) is 2.78. The Kier molecular flexibility index (Phi) is 4.27. The molecule has 1 N–H and O–H groups in total. The van der Waals surface area contributed by atoms with E-state index in [0.717, 1.165) is 0 Å². The van der Waals surface area contributed by atoms with Crippen LogP contribution in [0.2, 0.25) is 0 Å². The smallest absolute Gasteiger partial charge is 0.311 e. The average molecular weight is 274 g/mol. The number of ether oxygens (including phenoxy) is 1. The maximum absolute atomic E-state index is 10.9. The first kappa shape index (κ1) is 14.0. The predicted octanol–water partition coefficient (Wildman–Crippen LogP) is 3.23. The van der Waals surface area contributed by atoms with E-state index in [9.17, 15) is 15.2 Å². The van der Waals surface area contributed by atoms with Crippen LogP contribution in [0.5, 0.6) is 11.5 Å². The Labute approximate surface area is 115 Å². The highest BCUT2D eigenvalue weighted by Crippen LogP contribution is 2.30. The predicted molar refractivity (Wildman–Crippen MR) is 72.7 cm³/mol. The maximum Gasteiger partial charge on any atom is 0.311 e. The Balaban J connectivity index is 2.20. The molecule has 0 saturated carbocycles. The van der Waals surface area contributed by atoms with Gasteiger partial charge in [0.05, 0.1) is 22.9 Å². The van der Waals surface area contributed by atoms with Gasteiger partial charge in [-0.2, -0.15) is 0 Å². The van der Waals surface area contributed by atoms with E-state index >= 15 is 0 Å². The van der Waals surface area contributed by atoms with Crippen molar-refractivity contribution in [3.8, 4) is 11.5 Å². The summed E-state index contributed by atoms with van der Waals surface area (Å²) in [6.07, 6.45) is 1.39. The van der Waals surface area contributed by atoms with Crippen LogP contribution in [-0.2, 0) is 0 Å². The highest BCUT2D eigenvalue weighted by atomic mass is 16.6. The first-order valence-corrected chi connectivity index (χ1v) is 6.17. The normalized spacial score (nSPS) is 11.9. The summed E-state index contributed by atoms with van der Waals surface area (Å²) in [5.74, 6) is 0.537. The molecule has 104 valence electrons. The number of hydrogen-bond acceptors (Lipinski definition) is 5. The van der Waals surface area contributed by atoms with E-state index < -0.39 is 11.0 Å². The summed E-state index contributed by atoms with van der Waals surface area (Å²) in [7, 11) is 0. The highest BCUT2D eigenvalue weighted by molar-refractivity contribution is 5.47. The highest BCUT2D eigenvalue weighted by Gasteiger charge is 2.14. The Bertz CT molecular complexity index is 598. The molecule has 1 atom stereocenters. The SMILES string of the molecule is CC[C@H](O)c1ccc(Oc2ccccc2[N+](=O)[O-])cn1. The van der Waals surface area contributed by atoms with Gasteiger partial charge >= 0.3 is 5.69 Å². The fourth-order valence-corrected chi connectivity index (χ4v) is 1.68. The summed E-state index contributed by atoms with van der Waals surface area (Å²) in [5, 5.41) is 20.5. The largest absolute Gasteiger partial charge is 0.449 e. The molecule has 1 aromatic carbocycles. The van der Waals surface area contributed by atoms with E-state index in [0.29, 0.717) is 17.9 Å². The van der Waals surface area contributed by atoms with Crippen molar-refractivity contribution in [1.29, 1.82) is 0 Å². The minimum absolute atomic E-state index is 0.106. The van der Waals surface area contributed by atoms with Crippen LogP contribution in [0.25, 0.3) is 0 Å². The van der Waals surface area contributed by atoms with E-state index in [2.05, 4.69) is 4.98 Å². The molecule has 0 amide bonds. The summed E-state index contributed by atoms with van der Waals surface area (Å²) < 4.78 is 5.45. The van der Waals surface area contributed by atoms with Crippen LogP contribution in [0.15, 0.2) is 42.6 Å². The van der Waals surface area contributed by atoms with Crippen molar-refractivity contribution in [3.63, 3.8) is 0 Å². The van der Waals surface area contributed by atoms with Crippen molar-refractivity contribution in [3.05, 3.63) is 58.4 Å². The number of aliphatic hydroxyl groups is 1. The molecule has 0 bridgehead atoms. The number of pyridine rings is 1. The van der Waals surface area contributed by atoms with E-state index in [1.807, 2.05) is 6.92 Å². The van der Waals surface area contributed by atoms with Crippen molar-refractivity contribution in [2.24, 2.45) is 0 Å². The van der Waals surface area contributed by atoms with Gasteiger partial charge in [-0.25, -0.2) is 0 Å². The molecule has 0 aliphatic rings. The molecule has 0 saturated heterocycles. The molecule has 2 aromatic rings. The molecule has 0 aliphatic carbocycles. The van der Waals surface area contributed by atoms with Gasteiger partial charge < -0.3 is 9.84 Å². The number of aromatic nitrogens is 1. The molecule has 0 unspecified atom stereocenters. The zero-order chi connectivity index (χ0) is 14.5. The van der Waals surface area contributed by atoms with Gasteiger partial charge in [-0.1, -0.05) is 19.1 Å². The standard InChI is InChI=1S/C14H14N2O4/c1-2-13(17)11-8-7-10(9-15-11)20-14-6-4-3-5-12(14)16(18)19/h3-9,13,17H,2H2,1H3/t13-/m0/s1. The molecule has 0 radical (unpaired) electrons. The van der Waals surface area contributed by atoms with Crippen molar-refractivity contribution in [2.45, 2.75) is 19.4 Å². The second kappa shape index (κ2) is 6.12. The first-order valence-electron chi connectivity index (χ1n) is 6.17. The monoisotopic (exact) mass is 274 g/mol. The number of nitrogens with zero attached hydrogens (tertiary/aromatic N) is 2. The summed E-state index contributed by atoms with van der Waals surface area (Å²) in [6.45, 7) is 1.85. The quantitative estimate of drug-likeness (QED) is 0.668. The molecular weight excluding hydrogens is 260 g/mol. The molecular formula is C14H14N2O4. The average Bonchev–Trinajstić information content (AvgIpc) is 2.47. The van der Waals surface area contributed by atoms with Crippen molar-refractivity contribution >= 4 is 5.69 Å². The van der Waals surface area contributed by atoms with E-state index in [1.54, 1.807) is 24.3 Å². The molecule has 1 heterocycles. The summed E-state index contributed by atoms with van der Waals surface area (Å²) in [4.78, 5) is 14.4. The minimum atomic E-state index is -0.616.